The van der Waals surface area contributed by atoms with Crippen LogP contribution in [0.2, 0.25) is 0 Å². The third-order valence-corrected chi connectivity index (χ3v) is 5.77. The lowest BCUT2D eigenvalue weighted by molar-refractivity contribution is 0.242. The Morgan fingerprint density at radius 3 is 2.67 bits per heavy atom. The van der Waals surface area contributed by atoms with Crippen LogP contribution in [0.4, 0.5) is 0 Å². The third kappa shape index (κ3) is 4.08. The molecule has 0 bridgehead atoms. The fraction of sp³-hybridized carbons (Fsp3) is 0.261. The number of nitrogens with one attached hydrogen (secondary N) is 2. The first-order valence-corrected chi connectivity index (χ1v) is 10.5. The fourth-order valence-electron chi connectivity index (χ4n) is 4.09. The van der Waals surface area contributed by atoms with Gasteiger partial charge in [0, 0.05) is 49.6 Å². The molecule has 0 saturated carbocycles. The van der Waals surface area contributed by atoms with Crippen molar-refractivity contribution in [2.24, 2.45) is 0 Å². The van der Waals surface area contributed by atoms with Crippen LogP contribution >= 0.6 is 0 Å². The molecular weight excluding hydrogens is 422 g/mol. The summed E-state index contributed by atoms with van der Waals surface area (Å²) >= 11 is 0. The number of aromatic amines is 2. The van der Waals surface area contributed by atoms with Gasteiger partial charge >= 0.3 is 0 Å². The maximum Gasteiger partial charge on any atom is 0.255 e. The van der Waals surface area contributed by atoms with Gasteiger partial charge in [-0.3, -0.25) is 14.8 Å². The molecule has 0 unspecified atom stereocenters. The van der Waals surface area contributed by atoms with Crippen LogP contribution in [0.3, 0.4) is 0 Å². The summed E-state index contributed by atoms with van der Waals surface area (Å²) in [5, 5.41) is 7.34. The molecule has 4 heterocycles. The lowest BCUT2D eigenvalue weighted by Gasteiger charge is -2.27. The van der Waals surface area contributed by atoms with Gasteiger partial charge in [0.05, 0.1) is 42.9 Å². The van der Waals surface area contributed by atoms with E-state index in [0.29, 0.717) is 48.0 Å². The molecule has 0 spiro atoms. The van der Waals surface area contributed by atoms with Crippen LogP contribution < -0.4 is 15.0 Å². The Labute approximate surface area is 189 Å². The van der Waals surface area contributed by atoms with Crippen molar-refractivity contribution in [1.82, 2.24) is 35.0 Å². The van der Waals surface area contributed by atoms with Crippen molar-refractivity contribution in [3.63, 3.8) is 0 Å². The quantitative estimate of drug-likeness (QED) is 0.463. The van der Waals surface area contributed by atoms with Crippen molar-refractivity contribution >= 4 is 0 Å². The summed E-state index contributed by atoms with van der Waals surface area (Å²) in [4.78, 5) is 30.6. The SMILES string of the molecule is COc1ccc(-c2[nH]ncc2CN2CCc3nc(-c4cncnc4)[nH]c(=O)c3C2)cc1OC. The predicted octanol–water partition coefficient (Wildman–Crippen LogP) is 2.19. The largest absolute Gasteiger partial charge is 0.493 e. The Kier molecular flexibility index (Phi) is 5.57. The van der Waals surface area contributed by atoms with E-state index in [2.05, 4.69) is 35.0 Å². The van der Waals surface area contributed by atoms with Gasteiger partial charge < -0.3 is 14.5 Å². The number of hydrogen-bond donors (Lipinski definition) is 2. The average Bonchev–Trinajstić information content (AvgIpc) is 3.32. The Morgan fingerprint density at radius 2 is 1.88 bits per heavy atom. The maximum atomic E-state index is 12.8. The van der Waals surface area contributed by atoms with Gasteiger partial charge in [-0.15, -0.1) is 0 Å². The molecule has 10 nitrogen and oxygen atoms in total. The van der Waals surface area contributed by atoms with E-state index < -0.39 is 0 Å². The van der Waals surface area contributed by atoms with E-state index in [-0.39, 0.29) is 5.56 Å². The van der Waals surface area contributed by atoms with Crippen molar-refractivity contribution in [3.8, 4) is 34.1 Å². The first-order chi connectivity index (χ1) is 16.2. The second-order valence-corrected chi connectivity index (χ2v) is 7.77. The Bertz CT molecular complexity index is 1330. The minimum atomic E-state index is -0.129. The molecule has 0 amide bonds. The van der Waals surface area contributed by atoms with E-state index in [0.717, 1.165) is 29.1 Å². The minimum absolute atomic E-state index is 0.129. The summed E-state index contributed by atoms with van der Waals surface area (Å²) in [6, 6.07) is 5.76. The third-order valence-electron chi connectivity index (χ3n) is 5.77. The van der Waals surface area contributed by atoms with Crippen LogP contribution in [0.1, 0.15) is 16.8 Å². The molecule has 1 aromatic carbocycles. The standard InChI is InChI=1S/C23H23N7O3/c1-32-19-4-3-14(7-20(19)33-2)21-16(10-26-29-21)11-30-6-5-18-17(12-30)23(31)28-22(27-18)15-8-24-13-25-9-15/h3-4,7-10,13H,5-6,11-12H2,1-2H3,(H,26,29)(H,27,28,31). The molecule has 0 fully saturated rings. The summed E-state index contributed by atoms with van der Waals surface area (Å²) in [7, 11) is 3.23. The van der Waals surface area contributed by atoms with Gasteiger partial charge in [0.1, 0.15) is 12.2 Å². The van der Waals surface area contributed by atoms with Crippen LogP contribution in [-0.4, -0.2) is 55.8 Å². The molecule has 1 aliphatic rings. The van der Waals surface area contributed by atoms with E-state index in [9.17, 15) is 4.79 Å². The summed E-state index contributed by atoms with van der Waals surface area (Å²) in [5.74, 6) is 1.82. The van der Waals surface area contributed by atoms with Crippen molar-refractivity contribution in [2.75, 3.05) is 20.8 Å². The first-order valence-electron chi connectivity index (χ1n) is 10.5. The number of aromatic nitrogens is 6. The maximum absolute atomic E-state index is 12.8. The first kappa shape index (κ1) is 20.8. The van der Waals surface area contributed by atoms with Crippen molar-refractivity contribution in [2.45, 2.75) is 19.5 Å². The highest BCUT2D eigenvalue weighted by Gasteiger charge is 2.23. The Hall–Kier alpha value is -4.05. The van der Waals surface area contributed by atoms with E-state index in [1.807, 2.05) is 24.4 Å². The number of rotatable bonds is 6. The molecule has 0 saturated heterocycles. The zero-order valence-corrected chi connectivity index (χ0v) is 18.3. The molecule has 4 aromatic rings. The van der Waals surface area contributed by atoms with Crippen molar-refractivity contribution < 1.29 is 9.47 Å². The van der Waals surface area contributed by atoms with Crippen LogP contribution in [0.25, 0.3) is 22.6 Å². The van der Waals surface area contributed by atoms with Gasteiger partial charge in [-0.2, -0.15) is 5.10 Å². The number of benzene rings is 1. The van der Waals surface area contributed by atoms with Crippen LogP contribution in [0.15, 0.2) is 47.9 Å². The van der Waals surface area contributed by atoms with E-state index >= 15 is 0 Å². The predicted molar refractivity (Wildman–Crippen MR) is 121 cm³/mol. The number of nitrogens with zero attached hydrogens (tertiary/aromatic N) is 5. The molecule has 33 heavy (non-hydrogen) atoms. The molecule has 10 heteroatoms. The number of fused-ring (bicyclic) bond motifs is 1. The van der Waals surface area contributed by atoms with Crippen LogP contribution in [0.5, 0.6) is 11.5 Å². The summed E-state index contributed by atoms with van der Waals surface area (Å²) in [6.07, 6.45) is 7.23. The molecule has 5 rings (SSSR count). The van der Waals surface area contributed by atoms with Crippen molar-refractivity contribution in [3.05, 3.63) is 70.3 Å². The number of methoxy groups -OCH3 is 2. The normalized spacial score (nSPS) is 13.5. The van der Waals surface area contributed by atoms with E-state index in [4.69, 9.17) is 9.47 Å². The molecule has 3 aromatic heterocycles. The molecular formula is C23H23N7O3. The van der Waals surface area contributed by atoms with Gasteiger partial charge in [0.2, 0.25) is 0 Å². The number of hydrogen-bond acceptors (Lipinski definition) is 8. The van der Waals surface area contributed by atoms with Gasteiger partial charge in [-0.25, -0.2) is 15.0 Å². The zero-order chi connectivity index (χ0) is 22.8. The minimum Gasteiger partial charge on any atom is -0.493 e. The van der Waals surface area contributed by atoms with Gasteiger partial charge in [-0.1, -0.05) is 0 Å². The van der Waals surface area contributed by atoms with E-state index in [1.54, 1.807) is 26.6 Å². The van der Waals surface area contributed by atoms with Crippen LogP contribution in [-0.2, 0) is 19.5 Å². The summed E-state index contributed by atoms with van der Waals surface area (Å²) in [6.45, 7) is 1.94. The van der Waals surface area contributed by atoms with Crippen LogP contribution in [0, 0.1) is 0 Å². The zero-order valence-electron chi connectivity index (χ0n) is 18.3. The van der Waals surface area contributed by atoms with Crippen molar-refractivity contribution in [1.29, 1.82) is 0 Å². The highest BCUT2D eigenvalue weighted by atomic mass is 16.5. The number of ether oxygens (including phenoxy) is 2. The lowest BCUT2D eigenvalue weighted by atomic mass is 10.0. The fourth-order valence-corrected chi connectivity index (χ4v) is 4.09. The second-order valence-electron chi connectivity index (χ2n) is 7.77. The summed E-state index contributed by atoms with van der Waals surface area (Å²) < 4.78 is 10.8. The number of H-pyrrole nitrogens is 2. The van der Waals surface area contributed by atoms with Gasteiger partial charge in [-0.05, 0) is 18.2 Å². The van der Waals surface area contributed by atoms with Gasteiger partial charge in [0.25, 0.3) is 5.56 Å². The molecule has 168 valence electrons. The van der Waals surface area contributed by atoms with E-state index in [1.165, 1.54) is 6.33 Å². The monoisotopic (exact) mass is 445 g/mol. The molecule has 0 radical (unpaired) electrons. The Morgan fingerprint density at radius 1 is 1.06 bits per heavy atom. The molecule has 0 aliphatic carbocycles. The molecule has 1 aliphatic heterocycles. The molecule has 2 N–H and O–H groups in total. The smallest absolute Gasteiger partial charge is 0.255 e. The topological polar surface area (TPSA) is 122 Å². The average molecular weight is 445 g/mol. The second kappa shape index (κ2) is 8.83. The Balaban J connectivity index is 1.38. The lowest BCUT2D eigenvalue weighted by Crippen LogP contribution is -2.35. The molecule has 0 atom stereocenters. The highest BCUT2D eigenvalue weighted by Crippen LogP contribution is 2.33. The summed E-state index contributed by atoms with van der Waals surface area (Å²) in [5.41, 5.74) is 4.97. The van der Waals surface area contributed by atoms with Gasteiger partial charge in [0.15, 0.2) is 11.5 Å². The highest BCUT2D eigenvalue weighted by molar-refractivity contribution is 5.66.